The summed E-state index contributed by atoms with van der Waals surface area (Å²) in [5.41, 5.74) is 1.26. The number of nitrogens with zero attached hydrogens (tertiary/aromatic N) is 1. The van der Waals surface area contributed by atoms with Gasteiger partial charge in [0, 0.05) is 5.02 Å². The molecule has 1 aromatic carbocycles. The summed E-state index contributed by atoms with van der Waals surface area (Å²) in [5.74, 6) is 0. The molecule has 1 aromatic rings. The van der Waals surface area contributed by atoms with Gasteiger partial charge in [0.15, 0.2) is 0 Å². The molecule has 0 aromatic heterocycles. The first-order chi connectivity index (χ1) is 6.28. The molecule has 1 fully saturated rings. The van der Waals surface area contributed by atoms with Crippen LogP contribution >= 0.6 is 11.6 Å². The van der Waals surface area contributed by atoms with E-state index in [2.05, 4.69) is 4.85 Å². The Bertz CT molecular complexity index is 361. The lowest BCUT2D eigenvalue weighted by atomic mass is 9.96. The summed E-state index contributed by atoms with van der Waals surface area (Å²) < 4.78 is 0. The predicted molar refractivity (Wildman–Crippen MR) is 53.8 cm³/mol. The van der Waals surface area contributed by atoms with E-state index in [9.17, 15) is 0 Å². The number of hydrogen-bond acceptors (Lipinski definition) is 0. The van der Waals surface area contributed by atoms with Gasteiger partial charge in [0.25, 0.3) is 0 Å². The average Bonchev–Trinajstić information content (AvgIpc) is 2.87. The maximum absolute atomic E-state index is 6.90. The Morgan fingerprint density at radius 3 is 2.62 bits per heavy atom. The van der Waals surface area contributed by atoms with Crippen LogP contribution in [-0.4, -0.2) is 6.54 Å². The monoisotopic (exact) mass is 191 g/mol. The van der Waals surface area contributed by atoms with Crippen molar-refractivity contribution in [1.29, 1.82) is 0 Å². The van der Waals surface area contributed by atoms with Crippen LogP contribution < -0.4 is 0 Å². The van der Waals surface area contributed by atoms with E-state index in [1.54, 1.807) is 0 Å². The van der Waals surface area contributed by atoms with Gasteiger partial charge in [-0.05, 0) is 24.5 Å². The molecule has 0 radical (unpaired) electrons. The van der Waals surface area contributed by atoms with Crippen LogP contribution in [0.3, 0.4) is 0 Å². The van der Waals surface area contributed by atoms with Gasteiger partial charge in [0.05, 0.1) is 5.41 Å². The Balaban J connectivity index is 2.36. The van der Waals surface area contributed by atoms with E-state index < -0.39 is 0 Å². The van der Waals surface area contributed by atoms with Crippen LogP contribution in [-0.2, 0) is 5.41 Å². The molecule has 0 atom stereocenters. The molecule has 1 nitrogen and oxygen atoms in total. The summed E-state index contributed by atoms with van der Waals surface area (Å²) in [4.78, 5) is 3.48. The minimum Gasteiger partial charge on any atom is -0.316 e. The smallest absolute Gasteiger partial charge is 0.224 e. The first-order valence-electron chi connectivity index (χ1n) is 4.37. The molecule has 0 unspecified atom stereocenters. The summed E-state index contributed by atoms with van der Waals surface area (Å²) in [6.07, 6.45) is 2.22. The van der Waals surface area contributed by atoms with E-state index in [0.29, 0.717) is 6.54 Å². The van der Waals surface area contributed by atoms with Crippen molar-refractivity contribution in [3.8, 4) is 0 Å². The van der Waals surface area contributed by atoms with Crippen LogP contribution in [0.2, 0.25) is 5.02 Å². The Hall–Kier alpha value is -1.00. The molecule has 0 aliphatic heterocycles. The van der Waals surface area contributed by atoms with Crippen molar-refractivity contribution in [3.05, 3.63) is 46.3 Å². The second kappa shape index (κ2) is 3.05. The van der Waals surface area contributed by atoms with Crippen molar-refractivity contribution in [2.75, 3.05) is 6.54 Å². The molecule has 66 valence electrons. The predicted octanol–water partition coefficient (Wildman–Crippen LogP) is 3.29. The molecular formula is C11H10ClN. The van der Waals surface area contributed by atoms with E-state index >= 15 is 0 Å². The zero-order valence-electron chi connectivity index (χ0n) is 7.26. The maximum atomic E-state index is 6.90. The van der Waals surface area contributed by atoms with E-state index in [0.717, 1.165) is 23.4 Å². The standard InChI is InChI=1S/C11H10ClN/c1-13-8-11(6-7-11)9-4-2-3-5-10(9)12/h2-5H,6-8H2. The Labute approximate surface area is 83.2 Å². The fourth-order valence-electron chi connectivity index (χ4n) is 1.71. The normalized spacial score (nSPS) is 17.8. The molecule has 0 bridgehead atoms. The third-order valence-corrected chi connectivity index (χ3v) is 3.01. The Kier molecular flexibility index (Phi) is 2.01. The van der Waals surface area contributed by atoms with Crippen molar-refractivity contribution in [2.24, 2.45) is 0 Å². The molecule has 0 amide bonds. The fraction of sp³-hybridized carbons (Fsp3) is 0.364. The van der Waals surface area contributed by atoms with Crippen LogP contribution in [0.1, 0.15) is 18.4 Å². The van der Waals surface area contributed by atoms with E-state index in [1.165, 1.54) is 0 Å². The second-order valence-electron chi connectivity index (χ2n) is 3.58. The van der Waals surface area contributed by atoms with Crippen LogP contribution in [0.4, 0.5) is 0 Å². The average molecular weight is 192 g/mol. The Morgan fingerprint density at radius 2 is 2.08 bits per heavy atom. The van der Waals surface area contributed by atoms with Gasteiger partial charge in [-0.2, -0.15) is 0 Å². The fourth-order valence-corrected chi connectivity index (χ4v) is 2.04. The zero-order valence-corrected chi connectivity index (χ0v) is 8.01. The third-order valence-electron chi connectivity index (χ3n) is 2.68. The van der Waals surface area contributed by atoms with Gasteiger partial charge in [0.2, 0.25) is 6.54 Å². The number of hydrogen-bond donors (Lipinski definition) is 0. The molecule has 1 aliphatic rings. The van der Waals surface area contributed by atoms with Crippen LogP contribution in [0, 0.1) is 6.57 Å². The minimum absolute atomic E-state index is 0.0973. The highest BCUT2D eigenvalue weighted by atomic mass is 35.5. The lowest BCUT2D eigenvalue weighted by Crippen LogP contribution is -2.09. The molecule has 0 heterocycles. The maximum Gasteiger partial charge on any atom is 0.224 e. The van der Waals surface area contributed by atoms with Gasteiger partial charge < -0.3 is 4.85 Å². The van der Waals surface area contributed by atoms with Crippen molar-refractivity contribution in [2.45, 2.75) is 18.3 Å². The second-order valence-corrected chi connectivity index (χ2v) is 3.98. The SMILES string of the molecule is [C-]#[N+]CC1(c2ccccc2Cl)CC1. The van der Waals surface area contributed by atoms with Crippen molar-refractivity contribution < 1.29 is 0 Å². The number of rotatable bonds is 2. The molecule has 1 saturated carbocycles. The van der Waals surface area contributed by atoms with Crippen molar-refractivity contribution >= 4 is 11.6 Å². The van der Waals surface area contributed by atoms with E-state index in [-0.39, 0.29) is 5.41 Å². The minimum atomic E-state index is 0.0973. The highest BCUT2D eigenvalue weighted by Crippen LogP contribution is 2.50. The summed E-state index contributed by atoms with van der Waals surface area (Å²) in [6, 6.07) is 7.87. The lowest BCUT2D eigenvalue weighted by Gasteiger charge is -2.10. The number of benzene rings is 1. The van der Waals surface area contributed by atoms with Gasteiger partial charge in [-0.3, -0.25) is 0 Å². The summed E-state index contributed by atoms with van der Waals surface area (Å²) in [6.45, 7) is 7.48. The molecule has 0 saturated heterocycles. The molecule has 1 aliphatic carbocycles. The van der Waals surface area contributed by atoms with Crippen LogP contribution in [0.15, 0.2) is 24.3 Å². The molecule has 2 heteroatoms. The van der Waals surface area contributed by atoms with Crippen LogP contribution in [0.25, 0.3) is 4.85 Å². The van der Waals surface area contributed by atoms with E-state index in [1.807, 2.05) is 24.3 Å². The van der Waals surface area contributed by atoms with Gasteiger partial charge in [-0.25, -0.2) is 6.57 Å². The van der Waals surface area contributed by atoms with Crippen LogP contribution in [0.5, 0.6) is 0 Å². The lowest BCUT2D eigenvalue weighted by molar-refractivity contribution is 0.758. The first kappa shape index (κ1) is 8.59. The quantitative estimate of drug-likeness (QED) is 0.632. The zero-order chi connectivity index (χ0) is 9.31. The summed E-state index contributed by atoms with van der Waals surface area (Å²) in [5, 5.41) is 0.809. The Morgan fingerprint density at radius 1 is 1.38 bits per heavy atom. The first-order valence-corrected chi connectivity index (χ1v) is 4.74. The molecular weight excluding hydrogens is 182 g/mol. The molecule has 2 rings (SSSR count). The molecule has 13 heavy (non-hydrogen) atoms. The van der Waals surface area contributed by atoms with E-state index in [4.69, 9.17) is 18.2 Å². The van der Waals surface area contributed by atoms with Gasteiger partial charge in [-0.1, -0.05) is 29.8 Å². The third kappa shape index (κ3) is 1.43. The van der Waals surface area contributed by atoms with Crippen molar-refractivity contribution in [3.63, 3.8) is 0 Å². The summed E-state index contributed by atoms with van der Waals surface area (Å²) >= 11 is 6.08. The van der Waals surface area contributed by atoms with Gasteiger partial charge >= 0.3 is 0 Å². The highest BCUT2D eigenvalue weighted by molar-refractivity contribution is 6.31. The molecule has 0 spiro atoms. The largest absolute Gasteiger partial charge is 0.316 e. The topological polar surface area (TPSA) is 4.36 Å². The van der Waals surface area contributed by atoms with Gasteiger partial charge in [0.1, 0.15) is 0 Å². The highest BCUT2D eigenvalue weighted by Gasteiger charge is 2.48. The van der Waals surface area contributed by atoms with Crippen molar-refractivity contribution in [1.82, 2.24) is 0 Å². The summed E-state index contributed by atoms with van der Waals surface area (Å²) in [7, 11) is 0. The van der Waals surface area contributed by atoms with Gasteiger partial charge in [-0.15, -0.1) is 0 Å². The number of halogens is 1. The molecule has 0 N–H and O–H groups in total.